The van der Waals surface area contributed by atoms with Gasteiger partial charge in [0.2, 0.25) is 0 Å². The molecule has 3 rings (SSSR count). The molecule has 27 heavy (non-hydrogen) atoms. The number of nitrogens with zero attached hydrogens (tertiary/aromatic N) is 6. The highest BCUT2D eigenvalue weighted by Gasteiger charge is 2.29. The SMILES string of the molecule is COCCn1nnnc1[C@@H](CC(C)C)N1CCN(c2cccc(Cl)c2)CC1. The first kappa shape index (κ1) is 20.0. The summed E-state index contributed by atoms with van der Waals surface area (Å²) < 4.78 is 7.09. The van der Waals surface area contributed by atoms with Gasteiger partial charge in [0.15, 0.2) is 5.82 Å². The maximum Gasteiger partial charge on any atom is 0.168 e. The molecule has 1 aliphatic heterocycles. The summed E-state index contributed by atoms with van der Waals surface area (Å²) in [5.41, 5.74) is 1.19. The molecule has 0 saturated carbocycles. The summed E-state index contributed by atoms with van der Waals surface area (Å²) in [5.74, 6) is 1.51. The van der Waals surface area contributed by atoms with Gasteiger partial charge in [0.1, 0.15) is 0 Å². The second-order valence-corrected chi connectivity index (χ2v) is 7.84. The monoisotopic (exact) mass is 392 g/mol. The van der Waals surface area contributed by atoms with Crippen LogP contribution in [0.4, 0.5) is 5.69 Å². The molecule has 0 spiro atoms. The summed E-state index contributed by atoms with van der Waals surface area (Å²) >= 11 is 6.15. The van der Waals surface area contributed by atoms with Gasteiger partial charge in [0.05, 0.1) is 19.2 Å². The predicted octanol–water partition coefficient (Wildman–Crippen LogP) is 2.88. The lowest BCUT2D eigenvalue weighted by Gasteiger charge is -2.40. The third-order valence-corrected chi connectivity index (χ3v) is 5.22. The van der Waals surface area contributed by atoms with E-state index in [1.54, 1.807) is 7.11 Å². The van der Waals surface area contributed by atoms with Crippen LogP contribution in [0.2, 0.25) is 5.02 Å². The molecule has 1 atom stereocenters. The second kappa shape index (κ2) is 9.48. The number of anilines is 1. The molecule has 1 aromatic heterocycles. The number of hydrogen-bond acceptors (Lipinski definition) is 6. The Labute approximate surface area is 166 Å². The minimum atomic E-state index is 0.221. The van der Waals surface area contributed by atoms with Crippen molar-refractivity contribution in [2.45, 2.75) is 32.9 Å². The van der Waals surface area contributed by atoms with Crippen LogP contribution in [0.3, 0.4) is 0 Å². The van der Waals surface area contributed by atoms with Crippen LogP contribution in [-0.2, 0) is 11.3 Å². The van der Waals surface area contributed by atoms with Crippen LogP contribution in [0, 0.1) is 5.92 Å². The number of piperazine rings is 1. The zero-order chi connectivity index (χ0) is 19.2. The quantitative estimate of drug-likeness (QED) is 0.688. The summed E-state index contributed by atoms with van der Waals surface area (Å²) in [4.78, 5) is 4.90. The summed E-state index contributed by atoms with van der Waals surface area (Å²) in [6.45, 7) is 9.66. The number of benzene rings is 1. The van der Waals surface area contributed by atoms with E-state index in [4.69, 9.17) is 16.3 Å². The molecular weight excluding hydrogens is 364 g/mol. The molecule has 0 amide bonds. The van der Waals surface area contributed by atoms with E-state index < -0.39 is 0 Å². The van der Waals surface area contributed by atoms with Crippen molar-refractivity contribution in [3.63, 3.8) is 0 Å². The Morgan fingerprint density at radius 2 is 1.96 bits per heavy atom. The highest BCUT2D eigenvalue weighted by atomic mass is 35.5. The van der Waals surface area contributed by atoms with Crippen molar-refractivity contribution < 1.29 is 4.74 Å². The minimum absolute atomic E-state index is 0.221. The minimum Gasteiger partial charge on any atom is -0.383 e. The van der Waals surface area contributed by atoms with E-state index in [9.17, 15) is 0 Å². The lowest BCUT2D eigenvalue weighted by atomic mass is 10.0. The Balaban J connectivity index is 1.71. The van der Waals surface area contributed by atoms with E-state index >= 15 is 0 Å². The molecule has 7 nitrogen and oxygen atoms in total. The molecule has 0 bridgehead atoms. The first-order valence-corrected chi connectivity index (χ1v) is 9.96. The fraction of sp³-hybridized carbons (Fsp3) is 0.632. The highest BCUT2D eigenvalue weighted by molar-refractivity contribution is 6.30. The molecule has 1 saturated heterocycles. The van der Waals surface area contributed by atoms with Crippen LogP contribution in [-0.4, -0.2) is 65.0 Å². The van der Waals surface area contributed by atoms with E-state index in [1.165, 1.54) is 5.69 Å². The molecular formula is C19H29ClN6O. The van der Waals surface area contributed by atoms with Crippen molar-refractivity contribution in [1.82, 2.24) is 25.1 Å². The Morgan fingerprint density at radius 3 is 2.63 bits per heavy atom. The van der Waals surface area contributed by atoms with E-state index in [-0.39, 0.29) is 6.04 Å². The van der Waals surface area contributed by atoms with E-state index in [1.807, 2.05) is 22.9 Å². The van der Waals surface area contributed by atoms with Gasteiger partial charge in [-0.15, -0.1) is 5.10 Å². The fourth-order valence-corrected chi connectivity index (χ4v) is 3.80. The number of rotatable bonds is 8. The van der Waals surface area contributed by atoms with Gasteiger partial charge >= 0.3 is 0 Å². The van der Waals surface area contributed by atoms with Gasteiger partial charge in [-0.2, -0.15) is 0 Å². The molecule has 1 fully saturated rings. The van der Waals surface area contributed by atoms with Crippen LogP contribution < -0.4 is 4.90 Å². The standard InChI is InChI=1S/C19H29ClN6O/c1-15(2)13-18(19-21-22-23-26(19)11-12-27-3)25-9-7-24(8-10-25)17-6-4-5-16(20)14-17/h4-6,14-15,18H,7-13H2,1-3H3/t18-/m1/s1. The lowest BCUT2D eigenvalue weighted by molar-refractivity contribution is 0.145. The molecule has 148 valence electrons. The zero-order valence-electron chi connectivity index (χ0n) is 16.4. The number of hydrogen-bond donors (Lipinski definition) is 0. The van der Waals surface area contributed by atoms with Crippen molar-refractivity contribution in [2.24, 2.45) is 5.92 Å². The average molecular weight is 393 g/mol. The van der Waals surface area contributed by atoms with Gasteiger partial charge in [-0.1, -0.05) is 31.5 Å². The summed E-state index contributed by atoms with van der Waals surface area (Å²) in [6.07, 6.45) is 1.03. The number of ether oxygens (including phenoxy) is 1. The summed E-state index contributed by atoms with van der Waals surface area (Å²) in [5, 5.41) is 13.2. The number of halogens is 1. The zero-order valence-corrected chi connectivity index (χ0v) is 17.1. The maximum absolute atomic E-state index is 6.15. The third kappa shape index (κ3) is 5.18. The van der Waals surface area contributed by atoms with E-state index in [0.717, 1.165) is 43.4 Å². The number of aromatic nitrogens is 4. The van der Waals surface area contributed by atoms with Gasteiger partial charge in [-0.05, 0) is 41.0 Å². The van der Waals surface area contributed by atoms with Gasteiger partial charge in [-0.3, -0.25) is 4.90 Å². The molecule has 0 radical (unpaired) electrons. The topological polar surface area (TPSA) is 59.3 Å². The Hall–Kier alpha value is -1.70. The van der Waals surface area contributed by atoms with Crippen molar-refractivity contribution in [2.75, 3.05) is 44.8 Å². The highest BCUT2D eigenvalue weighted by Crippen LogP contribution is 2.29. The molecule has 8 heteroatoms. The van der Waals surface area contributed by atoms with Gasteiger partial charge in [-0.25, -0.2) is 4.68 Å². The van der Waals surface area contributed by atoms with Gasteiger partial charge in [0.25, 0.3) is 0 Å². The fourth-order valence-electron chi connectivity index (χ4n) is 3.62. The lowest BCUT2D eigenvalue weighted by Crippen LogP contribution is -2.48. The maximum atomic E-state index is 6.15. The first-order chi connectivity index (χ1) is 13.1. The third-order valence-electron chi connectivity index (χ3n) is 4.99. The van der Waals surface area contributed by atoms with Crippen molar-refractivity contribution in [3.05, 3.63) is 35.1 Å². The smallest absolute Gasteiger partial charge is 0.168 e. The van der Waals surface area contributed by atoms with Crippen molar-refractivity contribution >= 4 is 17.3 Å². The normalized spacial score (nSPS) is 16.9. The largest absolute Gasteiger partial charge is 0.383 e. The molecule has 1 aromatic carbocycles. The number of methoxy groups -OCH3 is 1. The molecule has 0 aliphatic carbocycles. The Morgan fingerprint density at radius 1 is 1.19 bits per heavy atom. The van der Waals surface area contributed by atoms with Crippen LogP contribution in [0.25, 0.3) is 0 Å². The van der Waals surface area contributed by atoms with E-state index in [2.05, 4.69) is 45.2 Å². The summed E-state index contributed by atoms with van der Waals surface area (Å²) in [7, 11) is 1.70. The van der Waals surface area contributed by atoms with Crippen LogP contribution in [0.15, 0.2) is 24.3 Å². The summed E-state index contributed by atoms with van der Waals surface area (Å²) in [6, 6.07) is 8.31. The Bertz CT molecular complexity index is 714. The van der Waals surface area contributed by atoms with Crippen molar-refractivity contribution in [3.8, 4) is 0 Å². The predicted molar refractivity (Wildman–Crippen MR) is 107 cm³/mol. The van der Waals surface area contributed by atoms with Crippen LogP contribution >= 0.6 is 11.6 Å². The molecule has 0 unspecified atom stereocenters. The number of tetrazole rings is 1. The molecule has 2 aromatic rings. The molecule has 1 aliphatic rings. The Kier molecular flexibility index (Phi) is 7.04. The van der Waals surface area contributed by atoms with Crippen LogP contribution in [0.5, 0.6) is 0 Å². The van der Waals surface area contributed by atoms with Gasteiger partial charge in [0, 0.05) is 44.0 Å². The van der Waals surface area contributed by atoms with Crippen LogP contribution in [0.1, 0.15) is 32.1 Å². The van der Waals surface area contributed by atoms with Gasteiger partial charge < -0.3 is 9.64 Å². The van der Waals surface area contributed by atoms with Crippen molar-refractivity contribution in [1.29, 1.82) is 0 Å². The average Bonchev–Trinajstić information content (AvgIpc) is 3.12. The second-order valence-electron chi connectivity index (χ2n) is 7.40. The molecule has 2 heterocycles. The first-order valence-electron chi connectivity index (χ1n) is 9.58. The molecule has 0 N–H and O–H groups in total. The van der Waals surface area contributed by atoms with E-state index in [0.29, 0.717) is 19.1 Å².